The molecule has 1 atom stereocenters. The Hall–Kier alpha value is -2.28. The number of rotatable bonds is 7. The summed E-state index contributed by atoms with van der Waals surface area (Å²) in [5.74, 6) is 0.605. The Balaban J connectivity index is 2.22. The van der Waals surface area contributed by atoms with Crippen LogP contribution in [0.3, 0.4) is 0 Å². The van der Waals surface area contributed by atoms with Crippen molar-refractivity contribution in [3.05, 3.63) is 23.8 Å². The third kappa shape index (κ3) is 4.88. The van der Waals surface area contributed by atoms with Gasteiger partial charge in [-0.05, 0) is 24.5 Å². The monoisotopic (exact) mass is 364 g/mol. The zero-order valence-corrected chi connectivity index (χ0v) is 15.9. The van der Waals surface area contributed by atoms with E-state index < -0.39 is 6.04 Å². The standard InChI is InChI=1S/C19H28N2O5/c1-13(2)12-14(19(23)21-8-10-26-11-9-21)20-18(22)17-15(24-3)6-5-7-16(17)25-4/h5-7,13-14H,8-12H2,1-4H3,(H,20,22)/t14-/m0/s1. The van der Waals surface area contributed by atoms with Gasteiger partial charge >= 0.3 is 0 Å². The van der Waals surface area contributed by atoms with Crippen molar-refractivity contribution in [1.82, 2.24) is 10.2 Å². The Labute approximate surface area is 154 Å². The maximum absolute atomic E-state index is 12.9. The number of morpholine rings is 1. The van der Waals surface area contributed by atoms with E-state index in [1.807, 2.05) is 13.8 Å². The number of ether oxygens (including phenoxy) is 3. The molecule has 1 heterocycles. The van der Waals surface area contributed by atoms with Gasteiger partial charge in [0.05, 0.1) is 27.4 Å². The van der Waals surface area contributed by atoms with Gasteiger partial charge in [0.15, 0.2) is 0 Å². The number of benzene rings is 1. The molecule has 1 aliphatic rings. The highest BCUT2D eigenvalue weighted by atomic mass is 16.5. The maximum atomic E-state index is 12.9. The van der Waals surface area contributed by atoms with Gasteiger partial charge in [-0.3, -0.25) is 9.59 Å². The number of methoxy groups -OCH3 is 2. The quantitative estimate of drug-likeness (QED) is 0.797. The third-order valence-electron chi connectivity index (χ3n) is 4.29. The van der Waals surface area contributed by atoms with Gasteiger partial charge in [-0.15, -0.1) is 0 Å². The summed E-state index contributed by atoms with van der Waals surface area (Å²) < 4.78 is 15.9. The van der Waals surface area contributed by atoms with Gasteiger partial charge in [-0.1, -0.05) is 19.9 Å². The number of nitrogens with zero attached hydrogens (tertiary/aromatic N) is 1. The Bertz CT molecular complexity index is 604. The fourth-order valence-corrected chi connectivity index (χ4v) is 3.00. The first-order valence-electron chi connectivity index (χ1n) is 8.86. The van der Waals surface area contributed by atoms with Crippen LogP contribution in [-0.4, -0.2) is 63.3 Å². The fourth-order valence-electron chi connectivity index (χ4n) is 3.00. The van der Waals surface area contributed by atoms with E-state index in [4.69, 9.17) is 14.2 Å². The smallest absolute Gasteiger partial charge is 0.259 e. The lowest BCUT2D eigenvalue weighted by molar-refractivity contribution is -0.137. The summed E-state index contributed by atoms with van der Waals surface area (Å²) in [6, 6.07) is 4.53. The summed E-state index contributed by atoms with van der Waals surface area (Å²) in [6.45, 7) is 6.18. The number of nitrogens with one attached hydrogen (secondary N) is 1. The van der Waals surface area contributed by atoms with E-state index in [0.29, 0.717) is 49.8 Å². The largest absolute Gasteiger partial charge is 0.496 e. The molecule has 2 rings (SSSR count). The lowest BCUT2D eigenvalue weighted by Crippen LogP contribution is -2.52. The van der Waals surface area contributed by atoms with Crippen molar-refractivity contribution in [2.24, 2.45) is 5.92 Å². The molecule has 1 aliphatic heterocycles. The Morgan fingerprint density at radius 1 is 1.15 bits per heavy atom. The number of hydrogen-bond acceptors (Lipinski definition) is 5. The average Bonchev–Trinajstić information content (AvgIpc) is 2.66. The van der Waals surface area contributed by atoms with Crippen molar-refractivity contribution in [2.75, 3.05) is 40.5 Å². The fraction of sp³-hybridized carbons (Fsp3) is 0.579. The molecule has 0 bridgehead atoms. The molecule has 7 nitrogen and oxygen atoms in total. The molecule has 0 saturated carbocycles. The SMILES string of the molecule is COc1cccc(OC)c1C(=O)N[C@@H](CC(C)C)C(=O)N1CCOCC1. The van der Waals surface area contributed by atoms with Crippen LogP contribution in [0.4, 0.5) is 0 Å². The summed E-state index contributed by atoms with van der Waals surface area (Å²) in [7, 11) is 2.99. The molecule has 0 unspecified atom stereocenters. The summed E-state index contributed by atoms with van der Waals surface area (Å²) in [5, 5.41) is 2.88. The molecule has 0 aromatic heterocycles. The molecule has 1 aromatic carbocycles. The second-order valence-corrected chi connectivity index (χ2v) is 6.63. The molecule has 1 fully saturated rings. The van der Waals surface area contributed by atoms with Crippen LogP contribution in [0.5, 0.6) is 11.5 Å². The van der Waals surface area contributed by atoms with E-state index >= 15 is 0 Å². The van der Waals surface area contributed by atoms with E-state index in [-0.39, 0.29) is 17.7 Å². The molecule has 1 N–H and O–H groups in total. The topological polar surface area (TPSA) is 77.1 Å². The van der Waals surface area contributed by atoms with Gasteiger partial charge in [0, 0.05) is 13.1 Å². The first-order valence-corrected chi connectivity index (χ1v) is 8.86. The molecule has 2 amide bonds. The van der Waals surface area contributed by atoms with Crippen LogP contribution in [0, 0.1) is 5.92 Å². The average molecular weight is 364 g/mol. The first kappa shape index (κ1) is 20.0. The van der Waals surface area contributed by atoms with Crippen LogP contribution in [0.25, 0.3) is 0 Å². The second kappa shape index (κ2) is 9.43. The van der Waals surface area contributed by atoms with E-state index in [9.17, 15) is 9.59 Å². The molecule has 0 aliphatic carbocycles. The van der Waals surface area contributed by atoms with Crippen LogP contribution >= 0.6 is 0 Å². The molecular weight excluding hydrogens is 336 g/mol. The van der Waals surface area contributed by atoms with Gasteiger partial charge in [0.1, 0.15) is 23.1 Å². The van der Waals surface area contributed by atoms with Crippen LogP contribution in [0.1, 0.15) is 30.6 Å². The highest BCUT2D eigenvalue weighted by Gasteiger charge is 2.29. The molecule has 0 radical (unpaired) electrons. The first-order chi connectivity index (χ1) is 12.5. The lowest BCUT2D eigenvalue weighted by atomic mass is 10.0. The van der Waals surface area contributed by atoms with Crippen LogP contribution in [0.2, 0.25) is 0 Å². The van der Waals surface area contributed by atoms with Gasteiger partial charge in [0.25, 0.3) is 5.91 Å². The highest BCUT2D eigenvalue weighted by Crippen LogP contribution is 2.28. The van der Waals surface area contributed by atoms with Crippen LogP contribution in [-0.2, 0) is 9.53 Å². The molecule has 144 valence electrons. The summed E-state index contributed by atoms with van der Waals surface area (Å²) in [4.78, 5) is 27.6. The van der Waals surface area contributed by atoms with E-state index in [1.165, 1.54) is 14.2 Å². The molecule has 26 heavy (non-hydrogen) atoms. The van der Waals surface area contributed by atoms with Crippen LogP contribution in [0.15, 0.2) is 18.2 Å². The predicted octanol–water partition coefficient (Wildman–Crippen LogP) is 1.71. The predicted molar refractivity (Wildman–Crippen MR) is 97.7 cm³/mol. The number of carbonyl (C=O) groups is 2. The number of carbonyl (C=O) groups excluding carboxylic acids is 2. The van der Waals surface area contributed by atoms with Crippen molar-refractivity contribution < 1.29 is 23.8 Å². The van der Waals surface area contributed by atoms with Crippen LogP contribution < -0.4 is 14.8 Å². The van der Waals surface area contributed by atoms with E-state index in [2.05, 4.69) is 5.32 Å². The van der Waals surface area contributed by atoms with E-state index in [1.54, 1.807) is 23.1 Å². The second-order valence-electron chi connectivity index (χ2n) is 6.63. The van der Waals surface area contributed by atoms with Crippen molar-refractivity contribution in [3.63, 3.8) is 0 Å². The molecule has 0 spiro atoms. The van der Waals surface area contributed by atoms with Crippen molar-refractivity contribution in [1.29, 1.82) is 0 Å². The van der Waals surface area contributed by atoms with Gasteiger partial charge in [-0.25, -0.2) is 0 Å². The maximum Gasteiger partial charge on any atom is 0.259 e. The zero-order valence-electron chi connectivity index (χ0n) is 15.9. The van der Waals surface area contributed by atoms with Gasteiger partial charge < -0.3 is 24.4 Å². The molecule has 1 saturated heterocycles. The summed E-state index contributed by atoms with van der Waals surface area (Å²) >= 11 is 0. The molecule has 7 heteroatoms. The van der Waals surface area contributed by atoms with Gasteiger partial charge in [-0.2, -0.15) is 0 Å². The van der Waals surface area contributed by atoms with Crippen molar-refractivity contribution >= 4 is 11.8 Å². The summed E-state index contributed by atoms with van der Waals surface area (Å²) in [6.07, 6.45) is 0.555. The third-order valence-corrected chi connectivity index (χ3v) is 4.29. The molecule has 1 aromatic rings. The molecular formula is C19H28N2O5. The Kier molecular flexibility index (Phi) is 7.26. The Morgan fingerprint density at radius 3 is 2.23 bits per heavy atom. The number of amides is 2. The minimum atomic E-state index is -0.602. The normalized spacial score (nSPS) is 15.5. The highest BCUT2D eigenvalue weighted by molar-refractivity contribution is 6.02. The van der Waals surface area contributed by atoms with Crippen molar-refractivity contribution in [3.8, 4) is 11.5 Å². The van der Waals surface area contributed by atoms with Gasteiger partial charge in [0.2, 0.25) is 5.91 Å². The van der Waals surface area contributed by atoms with Crippen molar-refractivity contribution in [2.45, 2.75) is 26.3 Å². The summed E-state index contributed by atoms with van der Waals surface area (Å²) in [5.41, 5.74) is 0.293. The Morgan fingerprint density at radius 2 is 1.73 bits per heavy atom. The number of hydrogen-bond donors (Lipinski definition) is 1. The lowest BCUT2D eigenvalue weighted by Gasteiger charge is -2.31. The minimum absolute atomic E-state index is 0.0794. The minimum Gasteiger partial charge on any atom is -0.496 e. The zero-order chi connectivity index (χ0) is 19.1. The van der Waals surface area contributed by atoms with E-state index in [0.717, 1.165) is 0 Å².